The molecule has 0 fully saturated rings. The lowest BCUT2D eigenvalue weighted by atomic mass is 9.88. The number of aromatic nitrogens is 2. The van der Waals surface area contributed by atoms with Crippen LogP contribution in [-0.2, 0) is 13.5 Å². The Morgan fingerprint density at radius 2 is 2.25 bits per heavy atom. The van der Waals surface area contributed by atoms with Gasteiger partial charge in [0.1, 0.15) is 0 Å². The fourth-order valence-electron chi connectivity index (χ4n) is 1.12. The SMILES string of the molecule is Cn1ccc(CC(C)(C)CN)n1. The number of hydrogen-bond donors (Lipinski definition) is 1. The molecule has 0 aromatic carbocycles. The maximum atomic E-state index is 5.63. The minimum atomic E-state index is 0.161. The lowest BCUT2D eigenvalue weighted by Crippen LogP contribution is -2.26. The molecule has 0 aliphatic heterocycles. The van der Waals surface area contributed by atoms with Crippen LogP contribution in [0, 0.1) is 5.41 Å². The molecule has 1 aromatic heterocycles. The van der Waals surface area contributed by atoms with Crippen molar-refractivity contribution in [1.82, 2.24) is 9.78 Å². The molecule has 0 unspecified atom stereocenters. The van der Waals surface area contributed by atoms with Crippen LogP contribution in [0.25, 0.3) is 0 Å². The monoisotopic (exact) mass is 167 g/mol. The van der Waals surface area contributed by atoms with E-state index >= 15 is 0 Å². The Hall–Kier alpha value is -0.830. The van der Waals surface area contributed by atoms with Gasteiger partial charge in [0, 0.05) is 13.2 Å². The van der Waals surface area contributed by atoms with Gasteiger partial charge in [-0.25, -0.2) is 0 Å². The molecule has 0 bridgehead atoms. The highest BCUT2D eigenvalue weighted by molar-refractivity contribution is 5.01. The van der Waals surface area contributed by atoms with Crippen molar-refractivity contribution >= 4 is 0 Å². The van der Waals surface area contributed by atoms with Crippen LogP contribution in [0.3, 0.4) is 0 Å². The van der Waals surface area contributed by atoms with Crippen LogP contribution >= 0.6 is 0 Å². The highest BCUT2D eigenvalue weighted by Crippen LogP contribution is 2.18. The van der Waals surface area contributed by atoms with E-state index in [1.165, 1.54) is 0 Å². The van der Waals surface area contributed by atoms with Crippen LogP contribution < -0.4 is 5.73 Å². The van der Waals surface area contributed by atoms with Gasteiger partial charge in [0.05, 0.1) is 5.69 Å². The minimum absolute atomic E-state index is 0.161. The zero-order valence-electron chi connectivity index (χ0n) is 8.04. The van der Waals surface area contributed by atoms with Crippen molar-refractivity contribution < 1.29 is 0 Å². The standard InChI is InChI=1S/C9H17N3/c1-9(2,7-10)6-8-4-5-12(3)11-8/h4-5H,6-7,10H2,1-3H3. The zero-order valence-corrected chi connectivity index (χ0v) is 8.04. The Labute approximate surface area is 73.6 Å². The molecule has 0 atom stereocenters. The molecule has 0 amide bonds. The third kappa shape index (κ3) is 2.34. The van der Waals surface area contributed by atoms with E-state index in [0.717, 1.165) is 12.1 Å². The normalized spacial score (nSPS) is 12.0. The number of hydrogen-bond acceptors (Lipinski definition) is 2. The van der Waals surface area contributed by atoms with Gasteiger partial charge in [-0.15, -0.1) is 0 Å². The molecule has 68 valence electrons. The van der Waals surface area contributed by atoms with E-state index in [9.17, 15) is 0 Å². The Bertz CT molecular complexity index is 250. The van der Waals surface area contributed by atoms with Crippen LogP contribution in [0.2, 0.25) is 0 Å². The predicted molar refractivity (Wildman–Crippen MR) is 49.7 cm³/mol. The quantitative estimate of drug-likeness (QED) is 0.728. The Balaban J connectivity index is 2.63. The summed E-state index contributed by atoms with van der Waals surface area (Å²) in [6.07, 6.45) is 2.91. The Morgan fingerprint density at radius 1 is 1.58 bits per heavy atom. The topological polar surface area (TPSA) is 43.8 Å². The van der Waals surface area contributed by atoms with Gasteiger partial charge in [-0.1, -0.05) is 13.8 Å². The number of aryl methyl sites for hydroxylation is 1. The molecule has 1 heterocycles. The second kappa shape index (κ2) is 3.27. The first-order valence-corrected chi connectivity index (χ1v) is 4.22. The summed E-state index contributed by atoms with van der Waals surface area (Å²) in [5, 5.41) is 4.30. The molecule has 12 heavy (non-hydrogen) atoms. The maximum Gasteiger partial charge on any atom is 0.0630 e. The smallest absolute Gasteiger partial charge is 0.0630 e. The molecule has 1 aromatic rings. The maximum absolute atomic E-state index is 5.63. The molecule has 0 saturated carbocycles. The summed E-state index contributed by atoms with van der Waals surface area (Å²) in [6, 6.07) is 2.04. The first-order valence-electron chi connectivity index (χ1n) is 4.22. The highest BCUT2D eigenvalue weighted by atomic mass is 15.2. The molecular weight excluding hydrogens is 150 g/mol. The van der Waals surface area contributed by atoms with Crippen molar-refractivity contribution in [1.29, 1.82) is 0 Å². The third-order valence-corrected chi connectivity index (χ3v) is 1.98. The Kier molecular flexibility index (Phi) is 2.52. The van der Waals surface area contributed by atoms with Crippen molar-refractivity contribution in [3.05, 3.63) is 18.0 Å². The molecule has 0 aliphatic carbocycles. The van der Waals surface area contributed by atoms with E-state index in [2.05, 4.69) is 18.9 Å². The lowest BCUT2D eigenvalue weighted by molar-refractivity contribution is 0.371. The Morgan fingerprint density at radius 3 is 2.67 bits per heavy atom. The van der Waals surface area contributed by atoms with Crippen LogP contribution in [-0.4, -0.2) is 16.3 Å². The summed E-state index contributed by atoms with van der Waals surface area (Å²) < 4.78 is 1.82. The minimum Gasteiger partial charge on any atom is -0.330 e. The first-order chi connectivity index (χ1) is 5.53. The summed E-state index contributed by atoms with van der Waals surface area (Å²) in [5.41, 5.74) is 6.91. The van der Waals surface area contributed by atoms with Crippen LogP contribution in [0.4, 0.5) is 0 Å². The summed E-state index contributed by atoms with van der Waals surface area (Å²) >= 11 is 0. The molecule has 2 N–H and O–H groups in total. The second-order valence-corrected chi connectivity index (χ2v) is 4.03. The van der Waals surface area contributed by atoms with E-state index in [-0.39, 0.29) is 5.41 Å². The second-order valence-electron chi connectivity index (χ2n) is 4.03. The molecule has 0 radical (unpaired) electrons. The van der Waals surface area contributed by atoms with Gasteiger partial charge < -0.3 is 5.73 Å². The van der Waals surface area contributed by atoms with Gasteiger partial charge in [0.15, 0.2) is 0 Å². The molecule has 1 rings (SSSR count). The molecule has 0 spiro atoms. The fourth-order valence-corrected chi connectivity index (χ4v) is 1.12. The predicted octanol–water partition coefficient (Wildman–Crippen LogP) is 0.947. The molecule has 0 saturated heterocycles. The van der Waals surface area contributed by atoms with Gasteiger partial charge in [0.2, 0.25) is 0 Å². The van der Waals surface area contributed by atoms with E-state index in [1.54, 1.807) is 0 Å². The average Bonchev–Trinajstić information content (AvgIpc) is 2.35. The number of nitrogens with two attached hydrogens (primary N) is 1. The third-order valence-electron chi connectivity index (χ3n) is 1.98. The summed E-state index contributed by atoms with van der Waals surface area (Å²) in [6.45, 7) is 5.01. The van der Waals surface area contributed by atoms with Crippen molar-refractivity contribution in [2.24, 2.45) is 18.2 Å². The fraction of sp³-hybridized carbons (Fsp3) is 0.667. The van der Waals surface area contributed by atoms with Crippen LogP contribution in [0.15, 0.2) is 12.3 Å². The van der Waals surface area contributed by atoms with Crippen molar-refractivity contribution in [3.63, 3.8) is 0 Å². The lowest BCUT2D eigenvalue weighted by Gasteiger charge is -2.20. The van der Waals surface area contributed by atoms with Crippen LogP contribution in [0.5, 0.6) is 0 Å². The number of nitrogens with zero attached hydrogens (tertiary/aromatic N) is 2. The van der Waals surface area contributed by atoms with Crippen molar-refractivity contribution in [3.8, 4) is 0 Å². The van der Waals surface area contributed by atoms with Gasteiger partial charge in [-0.3, -0.25) is 4.68 Å². The summed E-state index contributed by atoms with van der Waals surface area (Å²) in [5.74, 6) is 0. The first kappa shape index (κ1) is 9.26. The molecule has 0 aliphatic rings. The van der Waals surface area contributed by atoms with Gasteiger partial charge >= 0.3 is 0 Å². The van der Waals surface area contributed by atoms with Crippen molar-refractivity contribution in [2.75, 3.05) is 6.54 Å². The number of rotatable bonds is 3. The van der Waals surface area contributed by atoms with Crippen molar-refractivity contribution in [2.45, 2.75) is 20.3 Å². The van der Waals surface area contributed by atoms with E-state index in [0.29, 0.717) is 6.54 Å². The average molecular weight is 167 g/mol. The molecule has 3 nitrogen and oxygen atoms in total. The van der Waals surface area contributed by atoms with E-state index in [4.69, 9.17) is 5.73 Å². The molecule has 3 heteroatoms. The largest absolute Gasteiger partial charge is 0.330 e. The van der Waals surface area contributed by atoms with E-state index in [1.807, 2.05) is 24.0 Å². The van der Waals surface area contributed by atoms with Crippen LogP contribution in [0.1, 0.15) is 19.5 Å². The van der Waals surface area contributed by atoms with E-state index < -0.39 is 0 Å². The highest BCUT2D eigenvalue weighted by Gasteiger charge is 2.17. The summed E-state index contributed by atoms with van der Waals surface area (Å²) in [4.78, 5) is 0. The van der Waals surface area contributed by atoms with Gasteiger partial charge in [-0.05, 0) is 24.4 Å². The molecular formula is C9H17N3. The zero-order chi connectivity index (χ0) is 9.19. The summed E-state index contributed by atoms with van der Waals surface area (Å²) in [7, 11) is 1.93. The van der Waals surface area contributed by atoms with Gasteiger partial charge in [0.25, 0.3) is 0 Å². The van der Waals surface area contributed by atoms with Gasteiger partial charge in [-0.2, -0.15) is 5.10 Å².